The molecule has 0 spiro atoms. The average Bonchev–Trinajstić information content (AvgIpc) is 2.95. The summed E-state index contributed by atoms with van der Waals surface area (Å²) >= 11 is 0. The molecule has 0 saturated heterocycles. The molecule has 32 heavy (non-hydrogen) atoms. The molecule has 0 atom stereocenters. The quantitative estimate of drug-likeness (QED) is 0.536. The average molecular weight is 459 g/mol. The van der Waals surface area contributed by atoms with Gasteiger partial charge in [0.15, 0.2) is 0 Å². The van der Waals surface area contributed by atoms with Crippen LogP contribution in [-0.2, 0) is 30.0 Å². The lowest BCUT2D eigenvalue weighted by Gasteiger charge is -2.13. The Hall–Kier alpha value is -2.71. The van der Waals surface area contributed by atoms with Crippen LogP contribution in [0.2, 0.25) is 0 Å². The number of nitrogens with zero attached hydrogens (tertiary/aromatic N) is 3. The van der Waals surface area contributed by atoms with Crippen molar-refractivity contribution in [3.63, 3.8) is 0 Å². The van der Waals surface area contributed by atoms with Gasteiger partial charge in [0.1, 0.15) is 5.82 Å². The number of benzene rings is 2. The minimum Gasteiger partial charge on any atom is -0.305 e. The van der Waals surface area contributed by atoms with Crippen molar-refractivity contribution in [2.24, 2.45) is 13.0 Å². The second-order valence-electron chi connectivity index (χ2n) is 8.81. The number of sulfonamides is 1. The molecular weight excluding hydrogens is 427 g/mol. The van der Waals surface area contributed by atoms with Crippen molar-refractivity contribution in [3.05, 3.63) is 65.2 Å². The molecule has 1 heterocycles. The third kappa shape index (κ3) is 5.37. The summed E-state index contributed by atoms with van der Waals surface area (Å²) in [6.45, 7) is 6.65. The summed E-state index contributed by atoms with van der Waals surface area (Å²) in [6.07, 6.45) is 0.668. The van der Waals surface area contributed by atoms with Crippen LogP contribution < -0.4 is 4.72 Å². The highest BCUT2D eigenvalue weighted by atomic mass is 32.2. The fourth-order valence-electron chi connectivity index (χ4n) is 3.60. The van der Waals surface area contributed by atoms with Crippen molar-refractivity contribution in [2.45, 2.75) is 38.6 Å². The van der Waals surface area contributed by atoms with E-state index in [1.165, 1.54) is 18.2 Å². The number of nitrogens with one attached hydrogen (secondary N) is 1. The van der Waals surface area contributed by atoms with E-state index in [9.17, 15) is 12.8 Å². The molecule has 3 aromatic rings. The monoisotopic (exact) mass is 458 g/mol. The highest BCUT2D eigenvalue weighted by molar-refractivity contribution is 7.92. The van der Waals surface area contributed by atoms with Crippen LogP contribution in [0.1, 0.15) is 30.8 Å². The highest BCUT2D eigenvalue weighted by Gasteiger charge is 2.21. The van der Waals surface area contributed by atoms with Gasteiger partial charge in [-0.3, -0.25) is 9.40 Å². The second-order valence-corrected chi connectivity index (χ2v) is 10.5. The van der Waals surface area contributed by atoms with Crippen LogP contribution in [0.25, 0.3) is 11.1 Å². The Labute approximate surface area is 190 Å². The largest absolute Gasteiger partial charge is 0.305 e. The van der Waals surface area contributed by atoms with E-state index < -0.39 is 10.0 Å². The van der Waals surface area contributed by atoms with Gasteiger partial charge in [0.2, 0.25) is 0 Å². The fourth-order valence-corrected chi connectivity index (χ4v) is 4.75. The minimum atomic E-state index is -3.82. The molecule has 8 heteroatoms. The summed E-state index contributed by atoms with van der Waals surface area (Å²) in [5.74, 6) is -0.00413. The lowest BCUT2D eigenvalue weighted by Crippen LogP contribution is -2.15. The SMILES string of the molecule is Cc1c(NS(=O)(=O)c2ccc(-c3cc(CN(C)C)ccc3F)cc2)c(CC(C)C)nn1C. The summed E-state index contributed by atoms with van der Waals surface area (Å²) in [5.41, 5.74) is 4.05. The molecule has 0 bridgehead atoms. The summed E-state index contributed by atoms with van der Waals surface area (Å²) < 4.78 is 45.0. The minimum absolute atomic E-state index is 0.116. The molecule has 3 rings (SSSR count). The number of halogens is 1. The summed E-state index contributed by atoms with van der Waals surface area (Å²) in [7, 11) is 1.88. The molecule has 0 aliphatic rings. The third-order valence-electron chi connectivity index (χ3n) is 5.25. The topological polar surface area (TPSA) is 67.2 Å². The Morgan fingerprint density at radius 1 is 1.12 bits per heavy atom. The van der Waals surface area contributed by atoms with Crippen molar-refractivity contribution < 1.29 is 12.8 Å². The molecule has 1 aromatic heterocycles. The molecule has 0 amide bonds. The van der Waals surface area contributed by atoms with E-state index >= 15 is 0 Å². The number of hydrogen-bond donors (Lipinski definition) is 1. The number of rotatable bonds is 8. The summed E-state index contributed by atoms with van der Waals surface area (Å²) in [4.78, 5) is 2.12. The molecular formula is C24H31FN4O2S. The maximum Gasteiger partial charge on any atom is 0.262 e. The Bertz CT molecular complexity index is 1200. The predicted molar refractivity (Wildman–Crippen MR) is 127 cm³/mol. The van der Waals surface area contributed by atoms with E-state index in [1.54, 1.807) is 36.0 Å². The lowest BCUT2D eigenvalue weighted by molar-refractivity contribution is 0.402. The summed E-state index contributed by atoms with van der Waals surface area (Å²) in [6, 6.07) is 11.3. The van der Waals surface area contributed by atoms with Crippen LogP contribution in [0, 0.1) is 18.7 Å². The molecule has 0 aliphatic heterocycles. The molecule has 0 unspecified atom stereocenters. The standard InChI is InChI=1S/C24H31FN4O2S/c1-16(2)13-23-24(17(3)29(6)26-23)27-32(30,31)20-10-8-19(9-11-20)21-14-18(15-28(4)5)7-12-22(21)25/h7-12,14,16,27H,13,15H2,1-6H3. The van der Waals surface area contributed by atoms with Gasteiger partial charge in [-0.1, -0.05) is 32.0 Å². The van der Waals surface area contributed by atoms with E-state index in [0.717, 1.165) is 17.0 Å². The van der Waals surface area contributed by atoms with Crippen molar-refractivity contribution in [1.82, 2.24) is 14.7 Å². The summed E-state index contributed by atoms with van der Waals surface area (Å²) in [5, 5.41) is 4.46. The molecule has 172 valence electrons. The van der Waals surface area contributed by atoms with Crippen LogP contribution in [0.3, 0.4) is 0 Å². The van der Waals surface area contributed by atoms with Gasteiger partial charge in [0, 0.05) is 19.2 Å². The van der Waals surface area contributed by atoms with Crippen LogP contribution in [0.4, 0.5) is 10.1 Å². The van der Waals surface area contributed by atoms with Crippen molar-refractivity contribution in [2.75, 3.05) is 18.8 Å². The van der Waals surface area contributed by atoms with Gasteiger partial charge in [0.25, 0.3) is 10.0 Å². The Morgan fingerprint density at radius 2 is 1.78 bits per heavy atom. The Balaban J connectivity index is 1.90. The molecule has 0 fully saturated rings. The van der Waals surface area contributed by atoms with Crippen molar-refractivity contribution in [1.29, 1.82) is 0 Å². The Kier molecular flexibility index (Phi) is 7.05. The van der Waals surface area contributed by atoms with E-state index in [-0.39, 0.29) is 10.7 Å². The number of aryl methyl sites for hydroxylation is 1. The Morgan fingerprint density at radius 3 is 2.38 bits per heavy atom. The first-order valence-electron chi connectivity index (χ1n) is 10.6. The van der Waals surface area contributed by atoms with E-state index in [2.05, 4.69) is 23.7 Å². The highest BCUT2D eigenvalue weighted by Crippen LogP contribution is 2.28. The van der Waals surface area contributed by atoms with Gasteiger partial charge in [-0.15, -0.1) is 0 Å². The van der Waals surface area contributed by atoms with Crippen LogP contribution >= 0.6 is 0 Å². The molecule has 0 aliphatic carbocycles. The first kappa shape index (κ1) is 23.9. The maximum atomic E-state index is 14.5. The molecule has 0 saturated carbocycles. The second kappa shape index (κ2) is 9.42. The lowest BCUT2D eigenvalue weighted by atomic mass is 10.0. The van der Waals surface area contributed by atoms with Gasteiger partial charge in [0.05, 0.1) is 22.0 Å². The number of aromatic nitrogens is 2. The van der Waals surface area contributed by atoms with Gasteiger partial charge < -0.3 is 4.90 Å². The smallest absolute Gasteiger partial charge is 0.262 e. The van der Waals surface area contributed by atoms with Crippen LogP contribution in [0.15, 0.2) is 47.4 Å². The van der Waals surface area contributed by atoms with E-state index in [4.69, 9.17) is 0 Å². The molecule has 2 aromatic carbocycles. The number of hydrogen-bond acceptors (Lipinski definition) is 4. The molecule has 1 N–H and O–H groups in total. The van der Waals surface area contributed by atoms with Gasteiger partial charge in [-0.2, -0.15) is 5.10 Å². The normalized spacial score (nSPS) is 12.0. The zero-order chi connectivity index (χ0) is 23.6. The maximum absolute atomic E-state index is 14.5. The van der Waals surface area contributed by atoms with Gasteiger partial charge in [-0.25, -0.2) is 12.8 Å². The third-order valence-corrected chi connectivity index (χ3v) is 6.62. The van der Waals surface area contributed by atoms with E-state index in [1.807, 2.05) is 25.9 Å². The fraction of sp³-hybridized carbons (Fsp3) is 0.375. The first-order chi connectivity index (χ1) is 15.0. The zero-order valence-electron chi connectivity index (χ0n) is 19.5. The van der Waals surface area contributed by atoms with Gasteiger partial charge in [-0.05, 0) is 68.8 Å². The van der Waals surface area contributed by atoms with E-state index in [0.29, 0.717) is 35.7 Å². The van der Waals surface area contributed by atoms with Gasteiger partial charge >= 0.3 is 0 Å². The first-order valence-corrected chi connectivity index (χ1v) is 12.0. The van der Waals surface area contributed by atoms with Crippen molar-refractivity contribution in [3.8, 4) is 11.1 Å². The molecule has 6 nitrogen and oxygen atoms in total. The van der Waals surface area contributed by atoms with Crippen molar-refractivity contribution >= 4 is 15.7 Å². The predicted octanol–water partition coefficient (Wildman–Crippen LogP) is 4.60. The van der Waals surface area contributed by atoms with Crippen LogP contribution in [-0.4, -0.2) is 37.2 Å². The van der Waals surface area contributed by atoms with Crippen LogP contribution in [0.5, 0.6) is 0 Å². The molecule has 0 radical (unpaired) electrons. The number of anilines is 1. The zero-order valence-corrected chi connectivity index (χ0v) is 20.3.